The van der Waals surface area contributed by atoms with Crippen LogP contribution in [0, 0.1) is 0 Å². The minimum absolute atomic E-state index is 0.122. The molecular weight excluding hydrogens is 420 g/mol. The molecule has 1 atom stereocenters. The van der Waals surface area contributed by atoms with Crippen LogP contribution in [0.15, 0.2) is 60.7 Å². The molecule has 4 rings (SSSR count). The lowest BCUT2D eigenvalue weighted by Gasteiger charge is -2.42. The summed E-state index contributed by atoms with van der Waals surface area (Å²) in [5.74, 6) is 0. The summed E-state index contributed by atoms with van der Waals surface area (Å²) < 4.78 is 11.2. The van der Waals surface area contributed by atoms with Gasteiger partial charge in [0.05, 0.1) is 0 Å². The van der Waals surface area contributed by atoms with Crippen molar-refractivity contribution >= 4 is 12.1 Å². The number of cyclic esters (lactones) is 1. The Morgan fingerprint density at radius 1 is 1.03 bits per heavy atom. The maximum atomic E-state index is 12.9. The third-order valence-corrected chi connectivity index (χ3v) is 6.30. The quantitative estimate of drug-likeness (QED) is 0.571. The van der Waals surface area contributed by atoms with Crippen molar-refractivity contribution < 1.29 is 19.1 Å². The van der Waals surface area contributed by atoms with Gasteiger partial charge in [0.15, 0.2) is 5.60 Å². The van der Waals surface area contributed by atoms with Gasteiger partial charge in [-0.15, -0.1) is 0 Å². The number of hydrogen-bond donors (Lipinski definition) is 2. The van der Waals surface area contributed by atoms with Crippen molar-refractivity contribution in [3.05, 3.63) is 71.8 Å². The molecule has 0 aromatic heterocycles. The molecule has 0 aliphatic carbocycles. The van der Waals surface area contributed by atoms with Gasteiger partial charge in [-0.3, -0.25) is 4.90 Å². The normalized spacial score (nSPS) is 19.2. The fourth-order valence-electron chi connectivity index (χ4n) is 4.68. The van der Waals surface area contributed by atoms with Crippen molar-refractivity contribution in [1.82, 2.24) is 20.4 Å². The average molecular weight is 453 g/mol. The largest absolute Gasteiger partial charge is 0.431 e. The van der Waals surface area contributed by atoms with Crippen LogP contribution in [0.2, 0.25) is 0 Å². The smallest absolute Gasteiger partial charge is 0.411 e. The van der Waals surface area contributed by atoms with E-state index >= 15 is 0 Å². The first-order valence-corrected chi connectivity index (χ1v) is 11.5. The Morgan fingerprint density at radius 3 is 2.33 bits per heavy atom. The molecule has 2 aromatic carbocycles. The molecule has 8 heteroatoms. The summed E-state index contributed by atoms with van der Waals surface area (Å²) in [4.78, 5) is 29.4. The first-order chi connectivity index (χ1) is 16.2. The van der Waals surface area contributed by atoms with E-state index in [4.69, 9.17) is 9.47 Å². The fraction of sp³-hybridized carbons (Fsp3) is 0.440. The highest BCUT2D eigenvalue weighted by molar-refractivity contribution is 5.77. The Hall–Kier alpha value is -3.10. The van der Waals surface area contributed by atoms with Crippen LogP contribution in [-0.2, 0) is 15.1 Å². The van der Waals surface area contributed by atoms with Crippen molar-refractivity contribution in [3.8, 4) is 0 Å². The van der Waals surface area contributed by atoms with E-state index in [0.29, 0.717) is 32.7 Å². The number of fused-ring (bicyclic) bond motifs is 1. The number of hydrogen-bond acceptors (Lipinski definition) is 5. The van der Waals surface area contributed by atoms with E-state index in [2.05, 4.69) is 10.6 Å². The molecule has 2 aliphatic rings. The van der Waals surface area contributed by atoms with Gasteiger partial charge >= 0.3 is 12.1 Å². The minimum Gasteiger partial charge on any atom is -0.431 e. The standard InChI is InChI=1S/C25H32N4O4/c1-32-18-8-13-26-14-15-27-23(30)28-16-17-29-22(19-28)25(33-24(29)31,20-9-4-2-5-10-20)21-11-6-3-7-12-21/h2-7,9-12,22,26H,8,13-19H2,1H3,(H,27,30). The molecule has 2 aromatic rings. The molecule has 8 nitrogen and oxygen atoms in total. The number of amides is 3. The van der Waals surface area contributed by atoms with Gasteiger partial charge in [-0.25, -0.2) is 9.59 Å². The second-order valence-electron chi connectivity index (χ2n) is 8.32. The van der Waals surface area contributed by atoms with Crippen LogP contribution in [0.25, 0.3) is 0 Å². The van der Waals surface area contributed by atoms with Crippen LogP contribution in [0.3, 0.4) is 0 Å². The van der Waals surface area contributed by atoms with Gasteiger partial charge in [0, 0.05) is 57.6 Å². The van der Waals surface area contributed by atoms with Gasteiger partial charge in [-0.1, -0.05) is 60.7 Å². The highest BCUT2D eigenvalue weighted by Crippen LogP contribution is 2.45. The number of urea groups is 1. The summed E-state index contributed by atoms with van der Waals surface area (Å²) in [7, 11) is 1.69. The molecule has 2 N–H and O–H groups in total. The molecule has 2 heterocycles. The van der Waals surface area contributed by atoms with Crippen LogP contribution in [0.4, 0.5) is 9.59 Å². The number of nitrogens with one attached hydrogen (secondary N) is 2. The third-order valence-electron chi connectivity index (χ3n) is 6.30. The first kappa shape index (κ1) is 23.1. The minimum atomic E-state index is -0.971. The Morgan fingerprint density at radius 2 is 1.70 bits per heavy atom. The maximum absolute atomic E-state index is 12.9. The Bertz CT molecular complexity index is 885. The van der Waals surface area contributed by atoms with E-state index in [9.17, 15) is 9.59 Å². The zero-order chi connectivity index (χ0) is 23.1. The average Bonchev–Trinajstić information content (AvgIpc) is 3.17. The summed E-state index contributed by atoms with van der Waals surface area (Å²) in [6.45, 7) is 4.10. The molecule has 3 amide bonds. The lowest BCUT2D eigenvalue weighted by molar-refractivity contribution is 0.0512. The number of carbonyl (C=O) groups excluding carboxylic acids is 2. The summed E-state index contributed by atoms with van der Waals surface area (Å²) in [6.07, 6.45) is 0.594. The summed E-state index contributed by atoms with van der Waals surface area (Å²) in [5, 5.41) is 6.28. The van der Waals surface area contributed by atoms with Crippen LogP contribution in [-0.4, -0.2) is 81.0 Å². The van der Waals surface area contributed by atoms with Crippen LogP contribution < -0.4 is 10.6 Å². The van der Waals surface area contributed by atoms with Crippen LogP contribution in [0.5, 0.6) is 0 Å². The van der Waals surface area contributed by atoms with Crippen molar-refractivity contribution in [3.63, 3.8) is 0 Å². The Labute approximate surface area is 194 Å². The predicted octanol–water partition coefficient (Wildman–Crippen LogP) is 2.40. The molecule has 0 saturated carbocycles. The molecule has 2 fully saturated rings. The molecule has 1 unspecified atom stereocenters. The van der Waals surface area contributed by atoms with Crippen molar-refractivity contribution in [1.29, 1.82) is 0 Å². The maximum Gasteiger partial charge on any atom is 0.411 e. The van der Waals surface area contributed by atoms with Crippen molar-refractivity contribution in [2.24, 2.45) is 0 Å². The van der Waals surface area contributed by atoms with Gasteiger partial charge in [-0.2, -0.15) is 0 Å². The topological polar surface area (TPSA) is 83.1 Å². The molecule has 176 valence electrons. The van der Waals surface area contributed by atoms with E-state index < -0.39 is 5.60 Å². The second kappa shape index (κ2) is 10.7. The van der Waals surface area contributed by atoms with Crippen LogP contribution in [0.1, 0.15) is 17.5 Å². The summed E-state index contributed by atoms with van der Waals surface area (Å²) in [5.41, 5.74) is 0.834. The number of benzene rings is 2. The zero-order valence-electron chi connectivity index (χ0n) is 19.0. The SMILES string of the molecule is COCCCNCCNC(=O)N1CCN2C(=O)OC(c3ccccc3)(c3ccccc3)C2C1. The number of ether oxygens (including phenoxy) is 2. The van der Waals surface area contributed by atoms with Crippen molar-refractivity contribution in [2.75, 3.05) is 53.0 Å². The summed E-state index contributed by atoms with van der Waals surface area (Å²) in [6, 6.07) is 19.2. The highest BCUT2D eigenvalue weighted by atomic mass is 16.6. The van der Waals surface area contributed by atoms with Crippen molar-refractivity contribution in [2.45, 2.75) is 18.1 Å². The number of carbonyl (C=O) groups is 2. The fourth-order valence-corrected chi connectivity index (χ4v) is 4.68. The molecule has 2 aliphatic heterocycles. The van der Waals surface area contributed by atoms with Gasteiger partial charge in [0.1, 0.15) is 6.04 Å². The van der Waals surface area contributed by atoms with Gasteiger partial charge in [0.25, 0.3) is 0 Å². The number of rotatable bonds is 9. The van der Waals surface area contributed by atoms with E-state index in [0.717, 1.165) is 30.7 Å². The van der Waals surface area contributed by atoms with Gasteiger partial charge in [-0.05, 0) is 13.0 Å². The lowest BCUT2D eigenvalue weighted by Crippen LogP contribution is -2.60. The number of nitrogens with zero attached hydrogens (tertiary/aromatic N) is 2. The first-order valence-electron chi connectivity index (χ1n) is 11.5. The van der Waals surface area contributed by atoms with E-state index in [1.165, 1.54) is 0 Å². The monoisotopic (exact) mass is 452 g/mol. The van der Waals surface area contributed by atoms with Crippen LogP contribution >= 0.6 is 0 Å². The van der Waals surface area contributed by atoms with E-state index in [1.807, 2.05) is 60.7 Å². The van der Waals surface area contributed by atoms with Gasteiger partial charge < -0.3 is 25.0 Å². The molecule has 0 spiro atoms. The third kappa shape index (κ3) is 4.82. The second-order valence-corrected chi connectivity index (χ2v) is 8.32. The highest BCUT2D eigenvalue weighted by Gasteiger charge is 2.58. The van der Waals surface area contributed by atoms with Gasteiger partial charge in [0.2, 0.25) is 0 Å². The molecule has 0 radical (unpaired) electrons. The van der Waals surface area contributed by atoms with E-state index in [1.54, 1.807) is 16.9 Å². The Balaban J connectivity index is 1.49. The molecule has 2 saturated heterocycles. The zero-order valence-corrected chi connectivity index (χ0v) is 19.0. The summed E-state index contributed by atoms with van der Waals surface area (Å²) >= 11 is 0. The molecule has 0 bridgehead atoms. The number of methoxy groups -OCH3 is 1. The van der Waals surface area contributed by atoms with E-state index in [-0.39, 0.29) is 18.2 Å². The Kier molecular flexibility index (Phi) is 7.47. The number of piperazine rings is 1. The molecular formula is C25H32N4O4. The molecule has 33 heavy (non-hydrogen) atoms. The lowest BCUT2D eigenvalue weighted by atomic mass is 9.79. The predicted molar refractivity (Wildman–Crippen MR) is 125 cm³/mol.